The number of rotatable bonds is 3. The summed E-state index contributed by atoms with van der Waals surface area (Å²) in [6.45, 7) is 7.42. The van der Waals surface area contributed by atoms with Crippen LogP contribution in [0.5, 0.6) is 0 Å². The number of hydrogen-bond donors (Lipinski definition) is 0. The summed E-state index contributed by atoms with van der Waals surface area (Å²) in [5.74, 6) is 0.748. The van der Waals surface area contributed by atoms with Gasteiger partial charge >= 0.3 is 0 Å². The predicted octanol–water partition coefficient (Wildman–Crippen LogP) is 3.81. The third kappa shape index (κ3) is 3.91. The first-order chi connectivity index (χ1) is 13.2. The smallest absolute Gasteiger partial charge is 0.253 e. The number of nitrogens with zero attached hydrogens (tertiary/aromatic N) is 3. The van der Waals surface area contributed by atoms with Gasteiger partial charge in [0.2, 0.25) is 0 Å². The molecule has 2 aliphatic heterocycles. The lowest BCUT2D eigenvalue weighted by atomic mass is 9.68. The molecule has 1 aromatic heterocycles. The van der Waals surface area contributed by atoms with Gasteiger partial charge in [-0.2, -0.15) is 0 Å². The van der Waals surface area contributed by atoms with Crippen molar-refractivity contribution in [3.05, 3.63) is 66.0 Å². The monoisotopic (exact) mass is 363 g/mol. The summed E-state index contributed by atoms with van der Waals surface area (Å²) in [6, 6.07) is 14.6. The maximum atomic E-state index is 12.8. The number of likely N-dealkylation sites (N-methyl/N-ethyl adjacent to an activating group) is 1. The Morgan fingerprint density at radius 3 is 2.48 bits per heavy atom. The van der Waals surface area contributed by atoms with Crippen molar-refractivity contribution in [2.75, 3.05) is 32.7 Å². The minimum atomic E-state index is 0.148. The third-order valence-corrected chi connectivity index (χ3v) is 6.47. The van der Waals surface area contributed by atoms with Crippen molar-refractivity contribution in [3.63, 3.8) is 0 Å². The van der Waals surface area contributed by atoms with Crippen LogP contribution in [0.1, 0.15) is 48.0 Å². The van der Waals surface area contributed by atoms with E-state index in [-0.39, 0.29) is 5.91 Å². The molecule has 1 atom stereocenters. The Balaban J connectivity index is 1.46. The highest BCUT2D eigenvalue weighted by atomic mass is 16.2. The second kappa shape index (κ2) is 7.81. The molecule has 4 rings (SSSR count). The summed E-state index contributed by atoms with van der Waals surface area (Å²) in [6.07, 6.45) is 6.84. The van der Waals surface area contributed by atoms with E-state index in [2.05, 4.69) is 47.1 Å². The number of hydrogen-bond acceptors (Lipinski definition) is 3. The van der Waals surface area contributed by atoms with Crippen molar-refractivity contribution < 1.29 is 4.79 Å². The molecule has 3 heterocycles. The molecule has 4 nitrogen and oxygen atoms in total. The zero-order valence-corrected chi connectivity index (χ0v) is 16.2. The fourth-order valence-corrected chi connectivity index (χ4v) is 4.92. The fourth-order valence-electron chi connectivity index (χ4n) is 4.92. The van der Waals surface area contributed by atoms with Gasteiger partial charge in [-0.1, -0.05) is 37.3 Å². The zero-order chi connectivity index (χ0) is 18.7. The normalized spacial score (nSPS) is 22.7. The minimum absolute atomic E-state index is 0.148. The van der Waals surface area contributed by atoms with Crippen LogP contribution in [-0.4, -0.2) is 53.4 Å². The van der Waals surface area contributed by atoms with Gasteiger partial charge in [0.1, 0.15) is 0 Å². The molecule has 2 fully saturated rings. The number of benzene rings is 1. The summed E-state index contributed by atoms with van der Waals surface area (Å²) in [7, 11) is 0. The Morgan fingerprint density at radius 2 is 1.81 bits per heavy atom. The SMILES string of the molecule is CCN1CC(c2ccccc2)CC2(CCN(C(=O)c3ccncc3)CC2)C1. The van der Waals surface area contributed by atoms with Crippen LogP contribution < -0.4 is 0 Å². The average Bonchev–Trinajstić information content (AvgIpc) is 2.75. The largest absolute Gasteiger partial charge is 0.339 e. The van der Waals surface area contributed by atoms with Crippen LogP contribution in [0.25, 0.3) is 0 Å². The fraction of sp³-hybridized carbons (Fsp3) is 0.478. The molecule has 1 unspecified atom stereocenters. The van der Waals surface area contributed by atoms with E-state index in [1.54, 1.807) is 12.4 Å². The molecule has 2 aliphatic rings. The number of carbonyl (C=O) groups excluding carboxylic acids is 1. The molecule has 1 aromatic carbocycles. The van der Waals surface area contributed by atoms with Crippen LogP contribution in [0.3, 0.4) is 0 Å². The van der Waals surface area contributed by atoms with Gasteiger partial charge in [-0.05, 0) is 54.8 Å². The molecule has 0 N–H and O–H groups in total. The van der Waals surface area contributed by atoms with Crippen LogP contribution >= 0.6 is 0 Å². The number of amides is 1. The first kappa shape index (κ1) is 18.2. The molecule has 1 spiro atoms. The molecule has 27 heavy (non-hydrogen) atoms. The van der Waals surface area contributed by atoms with Crippen molar-refractivity contribution in [2.45, 2.75) is 32.1 Å². The van der Waals surface area contributed by atoms with E-state index in [9.17, 15) is 4.79 Å². The first-order valence-electron chi connectivity index (χ1n) is 10.2. The second-order valence-corrected chi connectivity index (χ2v) is 8.17. The minimum Gasteiger partial charge on any atom is -0.339 e. The molecule has 142 valence electrons. The van der Waals surface area contributed by atoms with E-state index < -0.39 is 0 Å². The number of aromatic nitrogens is 1. The highest BCUT2D eigenvalue weighted by Gasteiger charge is 2.42. The third-order valence-electron chi connectivity index (χ3n) is 6.47. The average molecular weight is 364 g/mol. The Labute approximate surface area is 162 Å². The van der Waals surface area contributed by atoms with Gasteiger partial charge in [0.05, 0.1) is 0 Å². The summed E-state index contributed by atoms with van der Waals surface area (Å²) < 4.78 is 0. The molecule has 0 bridgehead atoms. The van der Waals surface area contributed by atoms with Gasteiger partial charge in [-0.25, -0.2) is 0 Å². The summed E-state index contributed by atoms with van der Waals surface area (Å²) in [5.41, 5.74) is 2.55. The zero-order valence-electron chi connectivity index (χ0n) is 16.2. The Kier molecular flexibility index (Phi) is 5.26. The van der Waals surface area contributed by atoms with Gasteiger partial charge < -0.3 is 9.80 Å². The summed E-state index contributed by atoms with van der Waals surface area (Å²) in [5, 5.41) is 0. The topological polar surface area (TPSA) is 36.4 Å². The van der Waals surface area contributed by atoms with E-state index in [0.717, 1.165) is 44.6 Å². The Morgan fingerprint density at radius 1 is 1.11 bits per heavy atom. The molecule has 0 radical (unpaired) electrons. The molecular formula is C23H29N3O. The van der Waals surface area contributed by atoms with Crippen molar-refractivity contribution in [1.82, 2.24) is 14.8 Å². The molecular weight excluding hydrogens is 334 g/mol. The lowest BCUT2D eigenvalue weighted by Gasteiger charge is -2.50. The van der Waals surface area contributed by atoms with Gasteiger partial charge in [-0.15, -0.1) is 0 Å². The van der Waals surface area contributed by atoms with Crippen molar-refractivity contribution in [2.24, 2.45) is 5.41 Å². The van der Waals surface area contributed by atoms with Crippen LogP contribution in [0.4, 0.5) is 0 Å². The van der Waals surface area contributed by atoms with E-state index in [0.29, 0.717) is 11.3 Å². The highest BCUT2D eigenvalue weighted by molar-refractivity contribution is 5.94. The Bertz CT molecular complexity index is 754. The molecule has 0 aliphatic carbocycles. The van der Waals surface area contributed by atoms with Crippen molar-refractivity contribution >= 4 is 5.91 Å². The van der Waals surface area contributed by atoms with Gasteiger partial charge in [0, 0.05) is 44.1 Å². The highest BCUT2D eigenvalue weighted by Crippen LogP contribution is 2.45. The second-order valence-electron chi connectivity index (χ2n) is 8.17. The molecule has 2 saturated heterocycles. The number of likely N-dealkylation sites (tertiary alicyclic amines) is 2. The molecule has 2 aromatic rings. The maximum Gasteiger partial charge on any atom is 0.253 e. The van der Waals surface area contributed by atoms with E-state index >= 15 is 0 Å². The number of carbonyl (C=O) groups is 1. The van der Waals surface area contributed by atoms with E-state index in [4.69, 9.17) is 0 Å². The van der Waals surface area contributed by atoms with Crippen molar-refractivity contribution in [1.29, 1.82) is 0 Å². The quantitative estimate of drug-likeness (QED) is 0.832. The standard InChI is InChI=1S/C23H29N3O/c1-2-25-17-21(19-6-4-3-5-7-19)16-23(18-25)10-14-26(15-11-23)22(27)20-8-12-24-13-9-20/h3-9,12-13,21H,2,10-11,14-18H2,1H3. The van der Waals surface area contributed by atoms with E-state index in [1.807, 2.05) is 17.0 Å². The molecule has 4 heteroatoms. The lowest BCUT2D eigenvalue weighted by molar-refractivity contribution is 0.0158. The van der Waals surface area contributed by atoms with Crippen LogP contribution in [-0.2, 0) is 0 Å². The van der Waals surface area contributed by atoms with Crippen LogP contribution in [0.15, 0.2) is 54.9 Å². The first-order valence-corrected chi connectivity index (χ1v) is 10.2. The molecule has 1 amide bonds. The van der Waals surface area contributed by atoms with Gasteiger partial charge in [0.15, 0.2) is 0 Å². The molecule has 0 saturated carbocycles. The number of pyridine rings is 1. The van der Waals surface area contributed by atoms with E-state index in [1.165, 1.54) is 18.5 Å². The van der Waals surface area contributed by atoms with Crippen LogP contribution in [0.2, 0.25) is 0 Å². The van der Waals surface area contributed by atoms with Crippen molar-refractivity contribution in [3.8, 4) is 0 Å². The predicted molar refractivity (Wildman–Crippen MR) is 108 cm³/mol. The maximum absolute atomic E-state index is 12.8. The Hall–Kier alpha value is -2.20. The van der Waals surface area contributed by atoms with Gasteiger partial charge in [-0.3, -0.25) is 9.78 Å². The number of piperidine rings is 2. The van der Waals surface area contributed by atoms with Crippen LogP contribution in [0, 0.1) is 5.41 Å². The summed E-state index contributed by atoms with van der Waals surface area (Å²) in [4.78, 5) is 21.4. The lowest BCUT2D eigenvalue weighted by Crippen LogP contribution is -2.52. The summed E-state index contributed by atoms with van der Waals surface area (Å²) >= 11 is 0. The van der Waals surface area contributed by atoms with Gasteiger partial charge in [0.25, 0.3) is 5.91 Å².